The van der Waals surface area contributed by atoms with Gasteiger partial charge in [0.1, 0.15) is 0 Å². The first-order valence-electron chi connectivity index (χ1n) is 5.20. The first-order chi connectivity index (χ1) is 7.68. The van der Waals surface area contributed by atoms with Gasteiger partial charge in [0.25, 0.3) is 11.8 Å². The molecule has 0 unspecified atom stereocenters. The van der Waals surface area contributed by atoms with E-state index < -0.39 is 0 Å². The lowest BCUT2D eigenvalue weighted by molar-refractivity contribution is -0.137. The van der Waals surface area contributed by atoms with Gasteiger partial charge in [0.2, 0.25) is 0 Å². The number of amides is 2. The van der Waals surface area contributed by atoms with Gasteiger partial charge in [-0.05, 0) is 19.4 Å². The summed E-state index contributed by atoms with van der Waals surface area (Å²) in [6, 6.07) is 1.85. The summed E-state index contributed by atoms with van der Waals surface area (Å²) in [7, 11) is 0. The maximum absolute atomic E-state index is 11.5. The fraction of sp³-hybridized carbons (Fsp3) is 0.364. The summed E-state index contributed by atoms with van der Waals surface area (Å²) in [5, 5.41) is 4.05. The third-order valence-corrected chi connectivity index (χ3v) is 2.52. The number of carbonyl (C=O) groups excluding carboxylic acids is 2. The Labute approximate surface area is 93.3 Å². The molecule has 0 aromatic carbocycles. The van der Waals surface area contributed by atoms with Crippen LogP contribution in [-0.4, -0.2) is 33.0 Å². The van der Waals surface area contributed by atoms with Crippen molar-refractivity contribution in [2.24, 2.45) is 0 Å². The second-order valence-corrected chi connectivity index (χ2v) is 3.75. The zero-order valence-electron chi connectivity index (χ0n) is 9.09. The maximum Gasteiger partial charge on any atom is 0.256 e. The molecule has 2 heterocycles. The molecule has 0 fully saturated rings. The zero-order chi connectivity index (χ0) is 11.5. The summed E-state index contributed by atoms with van der Waals surface area (Å²) in [5.74, 6) is -0.381. The van der Waals surface area contributed by atoms with E-state index in [0.29, 0.717) is 18.7 Å². The molecule has 0 saturated heterocycles. The van der Waals surface area contributed by atoms with Crippen molar-refractivity contribution in [1.29, 1.82) is 0 Å². The van der Waals surface area contributed by atoms with E-state index in [1.807, 2.05) is 12.3 Å². The molecule has 1 aromatic heterocycles. The molecule has 0 spiro atoms. The standard InChI is InChI=1S/C11H13N3O2/c1-9-8-10(15)14(11(9)16)7-3-6-13-5-2-4-12-13/h2,4-5,8H,3,6-7H2,1H3. The number of imide groups is 1. The largest absolute Gasteiger partial charge is 0.275 e. The van der Waals surface area contributed by atoms with Crippen molar-refractivity contribution in [2.45, 2.75) is 19.9 Å². The highest BCUT2D eigenvalue weighted by Gasteiger charge is 2.27. The van der Waals surface area contributed by atoms with E-state index in [1.165, 1.54) is 11.0 Å². The molecular weight excluding hydrogens is 206 g/mol. The Morgan fingerprint density at radius 3 is 2.69 bits per heavy atom. The predicted octanol–water partition coefficient (Wildman–Crippen LogP) is 0.588. The first-order valence-corrected chi connectivity index (χ1v) is 5.20. The second-order valence-electron chi connectivity index (χ2n) is 3.75. The topological polar surface area (TPSA) is 55.2 Å². The van der Waals surface area contributed by atoms with E-state index in [9.17, 15) is 9.59 Å². The number of rotatable bonds is 4. The van der Waals surface area contributed by atoms with E-state index in [4.69, 9.17) is 0 Å². The maximum atomic E-state index is 11.5. The van der Waals surface area contributed by atoms with Crippen LogP contribution >= 0.6 is 0 Å². The number of carbonyl (C=O) groups is 2. The van der Waals surface area contributed by atoms with Crippen LogP contribution in [0.1, 0.15) is 13.3 Å². The smallest absolute Gasteiger partial charge is 0.256 e. The molecule has 5 nitrogen and oxygen atoms in total. The van der Waals surface area contributed by atoms with Gasteiger partial charge in [-0.1, -0.05) is 0 Å². The van der Waals surface area contributed by atoms with E-state index in [0.717, 1.165) is 6.42 Å². The summed E-state index contributed by atoms with van der Waals surface area (Å²) in [6.45, 7) is 2.82. The summed E-state index contributed by atoms with van der Waals surface area (Å²) < 4.78 is 1.78. The lowest BCUT2D eigenvalue weighted by atomic mass is 10.3. The highest BCUT2D eigenvalue weighted by Crippen LogP contribution is 2.12. The molecule has 0 N–H and O–H groups in total. The number of hydrogen-bond donors (Lipinski definition) is 0. The highest BCUT2D eigenvalue weighted by atomic mass is 16.2. The van der Waals surface area contributed by atoms with Crippen LogP contribution in [0.15, 0.2) is 30.1 Å². The van der Waals surface area contributed by atoms with Crippen molar-refractivity contribution in [3.05, 3.63) is 30.1 Å². The lowest BCUT2D eigenvalue weighted by Gasteiger charge is -2.13. The Morgan fingerprint density at radius 2 is 2.12 bits per heavy atom. The third-order valence-electron chi connectivity index (χ3n) is 2.52. The van der Waals surface area contributed by atoms with Gasteiger partial charge in [-0.15, -0.1) is 0 Å². The Balaban J connectivity index is 1.83. The quantitative estimate of drug-likeness (QED) is 0.696. The number of aromatic nitrogens is 2. The first kappa shape index (κ1) is 10.6. The van der Waals surface area contributed by atoms with E-state index >= 15 is 0 Å². The van der Waals surface area contributed by atoms with Crippen molar-refractivity contribution in [1.82, 2.24) is 14.7 Å². The average molecular weight is 219 g/mol. The number of nitrogens with zero attached hydrogens (tertiary/aromatic N) is 3. The minimum Gasteiger partial charge on any atom is -0.275 e. The monoisotopic (exact) mass is 219 g/mol. The van der Waals surface area contributed by atoms with Crippen LogP contribution in [0, 0.1) is 0 Å². The van der Waals surface area contributed by atoms with Crippen LogP contribution in [0.2, 0.25) is 0 Å². The van der Waals surface area contributed by atoms with Gasteiger partial charge in [0.05, 0.1) is 0 Å². The molecular formula is C11H13N3O2. The Bertz CT molecular complexity index is 434. The van der Waals surface area contributed by atoms with Crippen LogP contribution in [0.5, 0.6) is 0 Å². The van der Waals surface area contributed by atoms with Crippen molar-refractivity contribution in [3.8, 4) is 0 Å². The molecule has 2 amide bonds. The molecule has 0 bridgehead atoms. The Hall–Kier alpha value is -1.91. The molecule has 2 rings (SSSR count). The average Bonchev–Trinajstić information content (AvgIpc) is 2.82. The van der Waals surface area contributed by atoms with Gasteiger partial charge in [-0.3, -0.25) is 19.2 Å². The van der Waals surface area contributed by atoms with E-state index in [2.05, 4.69) is 5.10 Å². The van der Waals surface area contributed by atoms with Crippen LogP contribution in [0.3, 0.4) is 0 Å². The van der Waals surface area contributed by atoms with E-state index in [1.54, 1.807) is 17.8 Å². The molecule has 84 valence electrons. The third kappa shape index (κ3) is 2.03. The van der Waals surface area contributed by atoms with Gasteiger partial charge in [0, 0.05) is 37.1 Å². The van der Waals surface area contributed by atoms with Crippen molar-refractivity contribution in [2.75, 3.05) is 6.54 Å². The summed E-state index contributed by atoms with van der Waals surface area (Å²) >= 11 is 0. The van der Waals surface area contributed by atoms with Crippen molar-refractivity contribution in [3.63, 3.8) is 0 Å². The van der Waals surface area contributed by atoms with Gasteiger partial charge in [-0.2, -0.15) is 5.10 Å². The lowest BCUT2D eigenvalue weighted by Crippen LogP contribution is -2.32. The molecule has 1 aromatic rings. The Morgan fingerprint density at radius 1 is 1.31 bits per heavy atom. The minimum absolute atomic E-state index is 0.175. The fourth-order valence-corrected chi connectivity index (χ4v) is 1.67. The molecule has 0 radical (unpaired) electrons. The van der Waals surface area contributed by atoms with Gasteiger partial charge in [-0.25, -0.2) is 0 Å². The van der Waals surface area contributed by atoms with Crippen LogP contribution < -0.4 is 0 Å². The van der Waals surface area contributed by atoms with Crippen LogP contribution in [-0.2, 0) is 16.1 Å². The molecule has 5 heteroatoms. The normalized spacial score (nSPS) is 15.8. The second kappa shape index (κ2) is 4.30. The van der Waals surface area contributed by atoms with E-state index in [-0.39, 0.29) is 11.8 Å². The summed E-state index contributed by atoms with van der Waals surface area (Å²) in [5.41, 5.74) is 0.518. The SMILES string of the molecule is CC1=CC(=O)N(CCCn2cccn2)C1=O. The molecule has 1 aliphatic heterocycles. The minimum atomic E-state index is -0.206. The molecule has 0 atom stereocenters. The highest BCUT2D eigenvalue weighted by molar-refractivity contribution is 6.15. The molecule has 16 heavy (non-hydrogen) atoms. The molecule has 0 saturated carbocycles. The van der Waals surface area contributed by atoms with Crippen LogP contribution in [0.4, 0.5) is 0 Å². The van der Waals surface area contributed by atoms with Crippen molar-refractivity contribution >= 4 is 11.8 Å². The fourth-order valence-electron chi connectivity index (χ4n) is 1.67. The zero-order valence-corrected chi connectivity index (χ0v) is 9.09. The van der Waals surface area contributed by atoms with Gasteiger partial charge >= 0.3 is 0 Å². The summed E-state index contributed by atoms with van der Waals surface area (Å²) in [4.78, 5) is 24.2. The van der Waals surface area contributed by atoms with Gasteiger partial charge < -0.3 is 0 Å². The predicted molar refractivity (Wildman–Crippen MR) is 57.3 cm³/mol. The van der Waals surface area contributed by atoms with Gasteiger partial charge in [0.15, 0.2) is 0 Å². The van der Waals surface area contributed by atoms with Crippen LogP contribution in [0.25, 0.3) is 0 Å². The molecule has 1 aliphatic rings. The summed E-state index contributed by atoms with van der Waals surface area (Å²) in [6.07, 6.45) is 5.67. The molecule has 0 aliphatic carbocycles. The number of hydrogen-bond acceptors (Lipinski definition) is 3. The van der Waals surface area contributed by atoms with Crippen molar-refractivity contribution < 1.29 is 9.59 Å². The Kier molecular flexibility index (Phi) is 2.85. The number of aryl methyl sites for hydroxylation is 1.